The smallest absolute Gasteiger partial charge is 0.237 e. The minimum absolute atomic E-state index is 0.143. The number of hydrogen-bond acceptors (Lipinski definition) is 5. The molecule has 0 aliphatic heterocycles. The zero-order valence-electron chi connectivity index (χ0n) is 18.2. The summed E-state index contributed by atoms with van der Waals surface area (Å²) in [5.74, 6) is 0.985. The zero-order chi connectivity index (χ0) is 22.5. The van der Waals surface area contributed by atoms with Crippen molar-refractivity contribution in [2.45, 2.75) is 42.4 Å². The summed E-state index contributed by atoms with van der Waals surface area (Å²) in [6.45, 7) is 1.83. The van der Waals surface area contributed by atoms with E-state index in [1.807, 2.05) is 37.3 Å². The molecule has 0 spiro atoms. The van der Waals surface area contributed by atoms with E-state index in [0.29, 0.717) is 27.9 Å². The molecule has 0 bridgehead atoms. The highest BCUT2D eigenvalue weighted by Crippen LogP contribution is 2.35. The van der Waals surface area contributed by atoms with Crippen molar-refractivity contribution in [2.75, 3.05) is 12.4 Å². The SMILES string of the molecule is COc1cccc(NC(=O)C(C)Sc2nc3c(cc2C#N)CC(c2ccccc2)CC3)c1. The van der Waals surface area contributed by atoms with Gasteiger partial charge in [0.15, 0.2) is 0 Å². The molecule has 2 aromatic carbocycles. The van der Waals surface area contributed by atoms with Gasteiger partial charge in [-0.2, -0.15) is 5.26 Å². The van der Waals surface area contributed by atoms with E-state index >= 15 is 0 Å². The van der Waals surface area contributed by atoms with Crippen LogP contribution in [0.1, 0.15) is 41.6 Å². The Hall–Kier alpha value is -3.30. The Balaban J connectivity index is 1.48. The normalized spacial score (nSPS) is 15.8. The number of ether oxygens (including phenoxy) is 1. The molecule has 1 aliphatic carbocycles. The van der Waals surface area contributed by atoms with Crippen molar-refractivity contribution >= 4 is 23.4 Å². The topological polar surface area (TPSA) is 75.0 Å². The highest BCUT2D eigenvalue weighted by atomic mass is 32.2. The molecular formula is C26H25N3O2S. The molecular weight excluding hydrogens is 418 g/mol. The number of nitrogens with zero attached hydrogens (tertiary/aromatic N) is 2. The number of fused-ring (bicyclic) bond motifs is 1. The number of aryl methyl sites for hydroxylation is 1. The maximum atomic E-state index is 12.7. The second-order valence-corrected chi connectivity index (χ2v) is 9.22. The number of hydrogen-bond donors (Lipinski definition) is 1. The monoisotopic (exact) mass is 443 g/mol. The summed E-state index contributed by atoms with van der Waals surface area (Å²) in [5, 5.41) is 12.9. The fraction of sp³-hybridized carbons (Fsp3) is 0.269. The molecule has 1 amide bonds. The number of nitriles is 1. The Morgan fingerprint density at radius 1 is 1.22 bits per heavy atom. The summed E-state index contributed by atoms with van der Waals surface area (Å²) in [6.07, 6.45) is 2.79. The lowest BCUT2D eigenvalue weighted by molar-refractivity contribution is -0.115. The van der Waals surface area contributed by atoms with Crippen molar-refractivity contribution in [3.8, 4) is 11.8 Å². The summed E-state index contributed by atoms with van der Waals surface area (Å²) in [4.78, 5) is 17.5. The van der Waals surface area contributed by atoms with Crippen LogP contribution < -0.4 is 10.1 Å². The average molecular weight is 444 g/mol. The van der Waals surface area contributed by atoms with Crippen LogP contribution in [0.5, 0.6) is 5.75 Å². The molecule has 162 valence electrons. The highest BCUT2D eigenvalue weighted by molar-refractivity contribution is 8.00. The number of aromatic nitrogens is 1. The van der Waals surface area contributed by atoms with Crippen LogP contribution >= 0.6 is 11.8 Å². The van der Waals surface area contributed by atoms with Gasteiger partial charge in [0.1, 0.15) is 16.8 Å². The molecule has 0 saturated carbocycles. The minimum atomic E-state index is -0.403. The maximum Gasteiger partial charge on any atom is 0.237 e. The number of rotatable bonds is 6. The quantitative estimate of drug-likeness (QED) is 0.520. The Morgan fingerprint density at radius 2 is 2.03 bits per heavy atom. The lowest BCUT2D eigenvalue weighted by atomic mass is 9.82. The summed E-state index contributed by atoms with van der Waals surface area (Å²) in [5.41, 5.74) is 4.72. The number of benzene rings is 2. The van der Waals surface area contributed by atoms with Crippen molar-refractivity contribution < 1.29 is 9.53 Å². The van der Waals surface area contributed by atoms with Gasteiger partial charge in [-0.1, -0.05) is 48.2 Å². The van der Waals surface area contributed by atoms with Crippen molar-refractivity contribution in [3.05, 3.63) is 83.0 Å². The van der Waals surface area contributed by atoms with E-state index < -0.39 is 5.25 Å². The zero-order valence-corrected chi connectivity index (χ0v) is 19.0. The van der Waals surface area contributed by atoms with Crippen molar-refractivity contribution in [3.63, 3.8) is 0 Å². The molecule has 0 saturated heterocycles. The van der Waals surface area contributed by atoms with Crippen LogP contribution in [0.25, 0.3) is 0 Å². The number of amides is 1. The molecule has 1 heterocycles. The molecule has 1 aromatic heterocycles. The summed E-state index contributed by atoms with van der Waals surface area (Å²) in [7, 11) is 1.59. The number of anilines is 1. The van der Waals surface area contributed by atoms with Crippen LogP contribution in [0.15, 0.2) is 65.7 Å². The first kappa shape index (κ1) is 21.9. The van der Waals surface area contributed by atoms with E-state index in [0.717, 1.165) is 30.5 Å². The van der Waals surface area contributed by atoms with E-state index in [-0.39, 0.29) is 5.91 Å². The predicted octanol–water partition coefficient (Wildman–Crippen LogP) is 5.35. The summed E-state index contributed by atoms with van der Waals surface area (Å²) in [6, 6.07) is 22.0. The molecule has 3 aromatic rings. The van der Waals surface area contributed by atoms with E-state index in [9.17, 15) is 10.1 Å². The van der Waals surface area contributed by atoms with Gasteiger partial charge in [-0.15, -0.1) is 0 Å². The Morgan fingerprint density at radius 3 is 2.78 bits per heavy atom. The standard InChI is InChI=1S/C26H25N3O2S/c1-17(25(30)28-22-9-6-10-23(15-22)31-2)32-26-21(16-27)14-20-13-19(11-12-24(20)29-26)18-7-4-3-5-8-18/h3-10,14-15,17,19H,11-13H2,1-2H3,(H,28,30). The van der Waals surface area contributed by atoms with Gasteiger partial charge in [0, 0.05) is 17.4 Å². The van der Waals surface area contributed by atoms with Gasteiger partial charge < -0.3 is 10.1 Å². The Bertz CT molecular complexity index is 1160. The number of pyridine rings is 1. The van der Waals surface area contributed by atoms with Crippen molar-refractivity contribution in [2.24, 2.45) is 0 Å². The number of nitrogens with one attached hydrogen (secondary N) is 1. The second kappa shape index (κ2) is 9.88. The Kier molecular flexibility index (Phi) is 6.77. The first-order chi connectivity index (χ1) is 15.6. The number of carbonyl (C=O) groups excluding carboxylic acids is 1. The molecule has 2 unspecified atom stereocenters. The molecule has 1 N–H and O–H groups in total. The van der Waals surface area contributed by atoms with Gasteiger partial charge in [-0.05, 0) is 61.4 Å². The molecule has 4 rings (SSSR count). The van der Waals surface area contributed by atoms with Gasteiger partial charge >= 0.3 is 0 Å². The summed E-state index contributed by atoms with van der Waals surface area (Å²) >= 11 is 1.33. The van der Waals surface area contributed by atoms with Gasteiger partial charge in [0.05, 0.1) is 17.9 Å². The van der Waals surface area contributed by atoms with E-state index in [1.165, 1.54) is 17.3 Å². The third-order valence-electron chi connectivity index (χ3n) is 5.74. The largest absolute Gasteiger partial charge is 0.497 e. The third kappa shape index (κ3) is 4.95. The van der Waals surface area contributed by atoms with Gasteiger partial charge in [0.25, 0.3) is 0 Å². The van der Waals surface area contributed by atoms with Crippen molar-refractivity contribution in [1.29, 1.82) is 5.26 Å². The lowest BCUT2D eigenvalue weighted by Gasteiger charge is -2.25. The summed E-state index contributed by atoms with van der Waals surface area (Å²) < 4.78 is 5.21. The van der Waals surface area contributed by atoms with Crippen LogP contribution in [-0.2, 0) is 17.6 Å². The second-order valence-electron chi connectivity index (χ2n) is 7.89. The van der Waals surface area contributed by atoms with Gasteiger partial charge in [-0.25, -0.2) is 4.98 Å². The third-order valence-corrected chi connectivity index (χ3v) is 6.84. The minimum Gasteiger partial charge on any atom is -0.497 e. The molecule has 1 aliphatic rings. The number of methoxy groups -OCH3 is 1. The first-order valence-corrected chi connectivity index (χ1v) is 11.5. The van der Waals surface area contributed by atoms with E-state index in [1.54, 1.807) is 13.2 Å². The maximum absolute atomic E-state index is 12.7. The van der Waals surface area contributed by atoms with E-state index in [4.69, 9.17) is 9.72 Å². The van der Waals surface area contributed by atoms with Crippen LogP contribution in [0.4, 0.5) is 5.69 Å². The Labute approximate surface area is 192 Å². The fourth-order valence-electron chi connectivity index (χ4n) is 3.99. The van der Waals surface area contributed by atoms with Crippen LogP contribution in [0.2, 0.25) is 0 Å². The average Bonchev–Trinajstić information content (AvgIpc) is 2.83. The number of thioether (sulfide) groups is 1. The fourth-order valence-corrected chi connectivity index (χ4v) is 4.89. The van der Waals surface area contributed by atoms with E-state index in [2.05, 4.69) is 35.7 Å². The van der Waals surface area contributed by atoms with Gasteiger partial charge in [-0.3, -0.25) is 4.79 Å². The highest BCUT2D eigenvalue weighted by Gasteiger charge is 2.25. The molecule has 0 radical (unpaired) electrons. The van der Waals surface area contributed by atoms with Gasteiger partial charge in [0.2, 0.25) is 5.91 Å². The molecule has 2 atom stereocenters. The predicted molar refractivity (Wildman–Crippen MR) is 127 cm³/mol. The first-order valence-electron chi connectivity index (χ1n) is 10.7. The van der Waals surface area contributed by atoms with Crippen LogP contribution in [0.3, 0.4) is 0 Å². The molecule has 6 heteroatoms. The van der Waals surface area contributed by atoms with Crippen LogP contribution in [0, 0.1) is 11.3 Å². The molecule has 32 heavy (non-hydrogen) atoms. The number of carbonyl (C=O) groups is 1. The molecule has 0 fully saturated rings. The lowest BCUT2D eigenvalue weighted by Crippen LogP contribution is -2.23. The van der Waals surface area contributed by atoms with Crippen molar-refractivity contribution in [1.82, 2.24) is 4.98 Å². The van der Waals surface area contributed by atoms with Crippen LogP contribution in [-0.4, -0.2) is 23.3 Å². The molecule has 5 nitrogen and oxygen atoms in total.